The third-order valence-corrected chi connectivity index (χ3v) is 3.04. The predicted molar refractivity (Wildman–Crippen MR) is 65.5 cm³/mol. The number of aryl methyl sites for hydroxylation is 2. The van der Waals surface area contributed by atoms with Gasteiger partial charge in [0.1, 0.15) is 0 Å². The van der Waals surface area contributed by atoms with Gasteiger partial charge in [-0.15, -0.1) is 0 Å². The van der Waals surface area contributed by atoms with E-state index in [2.05, 4.69) is 31.2 Å². The van der Waals surface area contributed by atoms with Crippen molar-refractivity contribution in [1.29, 1.82) is 0 Å². The molecule has 1 atom stereocenters. The SMILES string of the molecule is COCCC(C)NCc1c(C)nn(C)c1C. The Balaban J connectivity index is 2.48. The van der Waals surface area contributed by atoms with Crippen LogP contribution in [0.5, 0.6) is 0 Å². The molecule has 0 aromatic carbocycles. The van der Waals surface area contributed by atoms with Gasteiger partial charge in [-0.1, -0.05) is 0 Å². The molecule has 1 aromatic rings. The van der Waals surface area contributed by atoms with Crippen LogP contribution in [-0.2, 0) is 18.3 Å². The maximum absolute atomic E-state index is 5.06. The van der Waals surface area contributed by atoms with Crippen LogP contribution in [0.3, 0.4) is 0 Å². The molecule has 0 bridgehead atoms. The van der Waals surface area contributed by atoms with Gasteiger partial charge in [0.05, 0.1) is 5.69 Å². The van der Waals surface area contributed by atoms with Crippen LogP contribution in [0.1, 0.15) is 30.3 Å². The summed E-state index contributed by atoms with van der Waals surface area (Å²) < 4.78 is 7.00. The molecule has 0 saturated carbocycles. The third-order valence-electron chi connectivity index (χ3n) is 3.04. The average Bonchev–Trinajstić information content (AvgIpc) is 2.48. The normalized spacial score (nSPS) is 13.1. The number of methoxy groups -OCH3 is 1. The molecule has 16 heavy (non-hydrogen) atoms. The highest BCUT2D eigenvalue weighted by Crippen LogP contribution is 2.11. The van der Waals surface area contributed by atoms with Crippen molar-refractivity contribution in [2.75, 3.05) is 13.7 Å². The van der Waals surface area contributed by atoms with Crippen LogP contribution in [0.2, 0.25) is 0 Å². The second-order valence-electron chi connectivity index (χ2n) is 4.34. The van der Waals surface area contributed by atoms with E-state index in [0.717, 1.165) is 25.3 Å². The molecule has 1 N–H and O–H groups in total. The van der Waals surface area contributed by atoms with E-state index in [4.69, 9.17) is 4.74 Å². The Bertz CT molecular complexity index is 333. The van der Waals surface area contributed by atoms with Crippen LogP contribution in [0.15, 0.2) is 0 Å². The monoisotopic (exact) mass is 225 g/mol. The molecule has 0 amide bonds. The second-order valence-corrected chi connectivity index (χ2v) is 4.34. The first-order chi connectivity index (χ1) is 7.56. The van der Waals surface area contributed by atoms with E-state index < -0.39 is 0 Å². The fourth-order valence-electron chi connectivity index (χ4n) is 1.75. The Morgan fingerprint density at radius 2 is 2.12 bits per heavy atom. The largest absolute Gasteiger partial charge is 0.385 e. The van der Waals surface area contributed by atoms with Crippen LogP contribution in [0.4, 0.5) is 0 Å². The number of hydrogen-bond acceptors (Lipinski definition) is 3. The maximum Gasteiger partial charge on any atom is 0.0641 e. The highest BCUT2D eigenvalue weighted by Gasteiger charge is 2.10. The molecule has 1 rings (SSSR count). The number of nitrogens with one attached hydrogen (secondary N) is 1. The number of rotatable bonds is 6. The van der Waals surface area contributed by atoms with E-state index in [1.165, 1.54) is 11.3 Å². The van der Waals surface area contributed by atoms with E-state index >= 15 is 0 Å². The number of ether oxygens (including phenoxy) is 1. The Morgan fingerprint density at radius 3 is 2.62 bits per heavy atom. The number of hydrogen-bond donors (Lipinski definition) is 1. The smallest absolute Gasteiger partial charge is 0.0641 e. The Labute approximate surface area is 98.0 Å². The van der Waals surface area contributed by atoms with Crippen molar-refractivity contribution in [3.05, 3.63) is 17.0 Å². The van der Waals surface area contributed by atoms with Gasteiger partial charge in [0.25, 0.3) is 0 Å². The quantitative estimate of drug-likeness (QED) is 0.798. The van der Waals surface area contributed by atoms with E-state index in [-0.39, 0.29) is 0 Å². The van der Waals surface area contributed by atoms with Crippen molar-refractivity contribution < 1.29 is 4.74 Å². The summed E-state index contributed by atoms with van der Waals surface area (Å²) in [4.78, 5) is 0. The van der Waals surface area contributed by atoms with Gasteiger partial charge in [-0.25, -0.2) is 0 Å². The van der Waals surface area contributed by atoms with Crippen LogP contribution in [0, 0.1) is 13.8 Å². The van der Waals surface area contributed by atoms with Crippen molar-refractivity contribution in [1.82, 2.24) is 15.1 Å². The molecular formula is C12H23N3O. The summed E-state index contributed by atoms with van der Waals surface area (Å²) in [6, 6.07) is 0.471. The minimum absolute atomic E-state index is 0.471. The molecule has 4 nitrogen and oxygen atoms in total. The van der Waals surface area contributed by atoms with Gasteiger partial charge < -0.3 is 10.1 Å². The molecule has 0 aliphatic rings. The Morgan fingerprint density at radius 1 is 1.44 bits per heavy atom. The molecule has 1 aromatic heterocycles. The fraction of sp³-hybridized carbons (Fsp3) is 0.750. The molecule has 0 fully saturated rings. The summed E-state index contributed by atoms with van der Waals surface area (Å²) >= 11 is 0. The molecule has 0 aliphatic carbocycles. The first-order valence-electron chi connectivity index (χ1n) is 5.77. The van der Waals surface area contributed by atoms with Crippen molar-refractivity contribution in [3.8, 4) is 0 Å². The molecule has 4 heteroatoms. The van der Waals surface area contributed by atoms with Crippen molar-refractivity contribution in [2.24, 2.45) is 7.05 Å². The van der Waals surface area contributed by atoms with Gasteiger partial charge in [0.2, 0.25) is 0 Å². The van der Waals surface area contributed by atoms with E-state index in [9.17, 15) is 0 Å². The third kappa shape index (κ3) is 3.32. The summed E-state index contributed by atoms with van der Waals surface area (Å²) in [5.41, 5.74) is 3.67. The highest BCUT2D eigenvalue weighted by atomic mass is 16.5. The zero-order chi connectivity index (χ0) is 12.1. The van der Waals surface area contributed by atoms with Gasteiger partial charge in [-0.05, 0) is 27.2 Å². The van der Waals surface area contributed by atoms with Crippen LogP contribution < -0.4 is 5.32 Å². The molecule has 92 valence electrons. The van der Waals surface area contributed by atoms with Crippen molar-refractivity contribution in [2.45, 2.75) is 39.8 Å². The van der Waals surface area contributed by atoms with E-state index in [1.54, 1.807) is 7.11 Å². The minimum atomic E-state index is 0.471. The van der Waals surface area contributed by atoms with Crippen molar-refractivity contribution in [3.63, 3.8) is 0 Å². The van der Waals surface area contributed by atoms with Gasteiger partial charge >= 0.3 is 0 Å². The standard InChI is InChI=1S/C12H23N3O/c1-9(6-7-16-5)13-8-12-10(2)14-15(4)11(12)3/h9,13H,6-8H2,1-5H3. The van der Waals surface area contributed by atoms with Gasteiger partial charge in [-0.2, -0.15) is 5.10 Å². The predicted octanol–water partition coefficient (Wildman–Crippen LogP) is 1.55. The number of aromatic nitrogens is 2. The zero-order valence-corrected chi connectivity index (χ0v) is 11.0. The summed E-state index contributed by atoms with van der Waals surface area (Å²) in [5.74, 6) is 0. The van der Waals surface area contributed by atoms with Crippen LogP contribution >= 0.6 is 0 Å². The molecular weight excluding hydrogens is 202 g/mol. The Hall–Kier alpha value is -0.870. The van der Waals surface area contributed by atoms with Gasteiger partial charge in [0.15, 0.2) is 0 Å². The first kappa shape index (κ1) is 13.2. The van der Waals surface area contributed by atoms with Crippen LogP contribution in [0.25, 0.3) is 0 Å². The lowest BCUT2D eigenvalue weighted by atomic mass is 10.1. The lowest BCUT2D eigenvalue weighted by Gasteiger charge is -2.13. The highest BCUT2D eigenvalue weighted by molar-refractivity contribution is 5.24. The lowest BCUT2D eigenvalue weighted by molar-refractivity contribution is 0.184. The summed E-state index contributed by atoms with van der Waals surface area (Å²) in [5, 5.41) is 7.90. The molecule has 0 aliphatic heterocycles. The molecule has 0 spiro atoms. The van der Waals surface area contributed by atoms with Gasteiger partial charge in [-0.3, -0.25) is 4.68 Å². The van der Waals surface area contributed by atoms with Gasteiger partial charge in [0, 0.05) is 44.6 Å². The molecule has 1 unspecified atom stereocenters. The van der Waals surface area contributed by atoms with Crippen molar-refractivity contribution >= 4 is 0 Å². The fourth-order valence-corrected chi connectivity index (χ4v) is 1.75. The minimum Gasteiger partial charge on any atom is -0.385 e. The van der Waals surface area contributed by atoms with E-state index in [1.807, 2.05) is 11.7 Å². The topological polar surface area (TPSA) is 39.1 Å². The molecule has 1 heterocycles. The summed E-state index contributed by atoms with van der Waals surface area (Å²) in [7, 11) is 3.72. The maximum atomic E-state index is 5.06. The summed E-state index contributed by atoms with van der Waals surface area (Å²) in [6.45, 7) is 8.04. The second kappa shape index (κ2) is 6.01. The lowest BCUT2D eigenvalue weighted by Crippen LogP contribution is -2.27. The van der Waals surface area contributed by atoms with E-state index in [0.29, 0.717) is 6.04 Å². The van der Waals surface area contributed by atoms with Crippen LogP contribution in [-0.4, -0.2) is 29.5 Å². The number of nitrogens with zero attached hydrogens (tertiary/aromatic N) is 2. The Kier molecular flexibility index (Phi) is 4.96. The first-order valence-corrected chi connectivity index (χ1v) is 5.77. The molecule has 0 radical (unpaired) electrons. The molecule has 0 saturated heterocycles. The zero-order valence-electron chi connectivity index (χ0n) is 11.0. The summed E-state index contributed by atoms with van der Waals surface area (Å²) in [6.07, 6.45) is 1.04. The average molecular weight is 225 g/mol.